The quantitative estimate of drug-likeness (QED) is 0.0635. The number of primary amides is 1. The van der Waals surface area contributed by atoms with Crippen LogP contribution in [0.3, 0.4) is 0 Å². The van der Waals surface area contributed by atoms with E-state index in [1.807, 2.05) is 5.32 Å². The number of aliphatic carboxylic acids is 1. The minimum Gasteiger partial charge on any atom is -0.550 e. The fourth-order valence-electron chi connectivity index (χ4n) is 13.3. The van der Waals surface area contributed by atoms with E-state index in [1.165, 1.54) is 19.1 Å². The second-order valence-electron chi connectivity index (χ2n) is 23.4. The Kier molecular flexibility index (Phi) is 25.1. The first-order valence-corrected chi connectivity index (χ1v) is 28.7. The molecule has 2 aliphatic heterocycles. The summed E-state index contributed by atoms with van der Waals surface area (Å²) in [5.74, 6) is -8.07. The van der Waals surface area contributed by atoms with E-state index in [0.29, 0.717) is 71.1 Å². The van der Waals surface area contributed by atoms with E-state index >= 15 is 0 Å². The van der Waals surface area contributed by atoms with Crippen LogP contribution in [0.5, 0.6) is 5.75 Å². The Hall–Kier alpha value is -4.80. The van der Waals surface area contributed by atoms with Crippen LogP contribution in [-0.4, -0.2) is 96.0 Å². The van der Waals surface area contributed by atoms with Crippen LogP contribution in [0.25, 0.3) is 0 Å². The van der Waals surface area contributed by atoms with Gasteiger partial charge in [-0.2, -0.15) is 0 Å². The average Bonchev–Trinajstić information content (AvgIpc) is 3.37. The molecule has 75 heavy (non-hydrogen) atoms. The molecule has 4 aliphatic rings. The number of phenols is 1. The number of carboxylic acid groups (broad SMARTS) is 1. The molecule has 1 aromatic carbocycles. The van der Waals surface area contributed by atoms with E-state index in [1.54, 1.807) is 19.1 Å². The number of quaternary nitrogens is 3. The SMILES string of the molecule is CC(=O)CC1CCCCC1C(=O)C[C@H](CCC(=O)[O-])C(=O)CC1CC[NH2+]CC1C(=O)C[C@H](Cc1ccc(O)cc1)C(=O)CC1CCCCC1C(=O)C[C@H](CCCC[NH3+])C(=O)CC1CC[NH2+]CC1C(=O)C[C@H](C)C(N)=O. The maximum atomic E-state index is 14.8. The van der Waals surface area contributed by atoms with Gasteiger partial charge in [0.1, 0.15) is 52.0 Å². The van der Waals surface area contributed by atoms with Crippen LogP contribution in [0.2, 0.25) is 0 Å². The number of carboxylic acids is 1. The van der Waals surface area contributed by atoms with E-state index < -0.39 is 47.4 Å². The van der Waals surface area contributed by atoms with Crippen molar-refractivity contribution in [3.63, 3.8) is 0 Å². The fourth-order valence-corrected chi connectivity index (χ4v) is 13.3. The van der Waals surface area contributed by atoms with Crippen LogP contribution < -0.4 is 27.2 Å². The maximum Gasteiger partial charge on any atom is 0.220 e. The number of carbonyl (C=O) groups excluding carboxylic acids is 10. The molecule has 416 valence electrons. The molecule has 10 N–H and O–H groups in total. The van der Waals surface area contributed by atoms with Crippen molar-refractivity contribution >= 4 is 58.1 Å². The van der Waals surface area contributed by atoms with Crippen LogP contribution in [0, 0.1) is 71.0 Å². The third-order valence-electron chi connectivity index (χ3n) is 17.7. The molecule has 2 heterocycles. The van der Waals surface area contributed by atoms with Crippen LogP contribution in [0.1, 0.15) is 167 Å². The summed E-state index contributed by atoms with van der Waals surface area (Å²) in [6.45, 7) is 6.24. The van der Waals surface area contributed by atoms with Gasteiger partial charge < -0.3 is 41.9 Å². The molecule has 0 radical (unpaired) electrons. The Labute approximate surface area is 444 Å². The van der Waals surface area contributed by atoms with Gasteiger partial charge in [-0.15, -0.1) is 0 Å². The third-order valence-corrected chi connectivity index (χ3v) is 17.7. The van der Waals surface area contributed by atoms with Crippen molar-refractivity contribution in [1.82, 2.24) is 0 Å². The number of ketones is 8. The van der Waals surface area contributed by atoms with Crippen molar-refractivity contribution in [2.75, 3.05) is 32.7 Å². The number of unbranched alkanes of at least 4 members (excludes halogenated alkanes) is 1. The molecule has 2 saturated carbocycles. The molecule has 4 fully saturated rings. The van der Waals surface area contributed by atoms with E-state index in [2.05, 4.69) is 11.1 Å². The zero-order valence-electron chi connectivity index (χ0n) is 45.1. The number of rotatable bonds is 33. The number of Topliss-reactive ketones (excluding diaryl/α,β-unsaturated/α-hetero) is 8. The van der Waals surface area contributed by atoms with Crippen molar-refractivity contribution in [2.24, 2.45) is 76.7 Å². The standard InChI is InChI=1S/C59H88N4O12/c1-36(59(61)75)25-54(69)49-34-62-23-20-41(49)29-51(66)43(11-7-8-22-60)31-55(70)48-13-6-4-10-40(48)28-53(68)45(27-38-14-17-46(65)18-15-38)33-57(72)50-35-63-24-21-42(50)30-52(67)44(16-19-58(73)74)32-56(71)47-12-5-3-9-39(47)26-37(2)64/h14-15,17-18,36,39-45,47-50,62-63,65H,3-13,16,19-35,60H2,1-2H3,(H2,61,75)(H,73,74)/p+2/t36-,39?,40?,41?,42?,43-,44-,45-,47?,48?,49?,50?/m0/s1. The minimum absolute atomic E-state index is 0.00541. The molecular weight excluding hydrogens is 957 g/mol. The topological polar surface area (TPSA) is 301 Å². The summed E-state index contributed by atoms with van der Waals surface area (Å²) >= 11 is 0. The molecule has 8 unspecified atom stereocenters. The molecule has 2 aliphatic carbocycles. The second-order valence-corrected chi connectivity index (χ2v) is 23.4. The summed E-state index contributed by atoms with van der Waals surface area (Å²) in [4.78, 5) is 135. The lowest BCUT2D eigenvalue weighted by Crippen LogP contribution is -2.88. The lowest BCUT2D eigenvalue weighted by Gasteiger charge is -2.33. The van der Waals surface area contributed by atoms with E-state index in [4.69, 9.17) is 5.73 Å². The third kappa shape index (κ3) is 19.3. The van der Waals surface area contributed by atoms with Gasteiger partial charge in [0, 0.05) is 106 Å². The maximum absolute atomic E-state index is 14.8. The highest BCUT2D eigenvalue weighted by Crippen LogP contribution is 2.39. The predicted octanol–water partition coefficient (Wildman–Crippen LogP) is 2.55. The fraction of sp³-hybridized carbons (Fsp3) is 0.729. The Morgan fingerprint density at radius 3 is 1.53 bits per heavy atom. The summed E-state index contributed by atoms with van der Waals surface area (Å²) < 4.78 is 0. The molecular formula is C59H90N4O12+2. The number of hydrogen-bond acceptors (Lipinski definition) is 12. The molecule has 16 nitrogen and oxygen atoms in total. The van der Waals surface area contributed by atoms with Gasteiger partial charge in [0.25, 0.3) is 0 Å². The molecule has 0 aromatic heterocycles. The second kappa shape index (κ2) is 30.8. The van der Waals surface area contributed by atoms with E-state index in [0.717, 1.165) is 57.1 Å². The first kappa shape index (κ1) is 61.1. The van der Waals surface area contributed by atoms with Crippen LogP contribution in [-0.2, 0) is 54.4 Å². The summed E-state index contributed by atoms with van der Waals surface area (Å²) in [5.41, 5.74) is 10.2. The van der Waals surface area contributed by atoms with Crippen LogP contribution in [0.4, 0.5) is 0 Å². The first-order chi connectivity index (χ1) is 35.8. The largest absolute Gasteiger partial charge is 0.550 e. The van der Waals surface area contributed by atoms with Gasteiger partial charge in [-0.05, 0) is 112 Å². The summed E-state index contributed by atoms with van der Waals surface area (Å²) in [5, 5.41) is 25.8. The van der Waals surface area contributed by atoms with Crippen LogP contribution >= 0.6 is 0 Å². The molecule has 12 atom stereocenters. The molecule has 5 rings (SSSR count). The van der Waals surface area contributed by atoms with Gasteiger partial charge in [-0.25, -0.2) is 0 Å². The Morgan fingerprint density at radius 1 is 0.600 bits per heavy atom. The van der Waals surface area contributed by atoms with Gasteiger partial charge in [0.05, 0.1) is 44.6 Å². The van der Waals surface area contributed by atoms with Gasteiger partial charge >= 0.3 is 0 Å². The van der Waals surface area contributed by atoms with Gasteiger partial charge in [-0.3, -0.25) is 38.4 Å². The van der Waals surface area contributed by atoms with Crippen molar-refractivity contribution in [3.8, 4) is 5.75 Å². The number of benzene rings is 1. The molecule has 1 aromatic rings. The lowest BCUT2D eigenvalue weighted by molar-refractivity contribution is -0.669. The van der Waals surface area contributed by atoms with Gasteiger partial charge in [0.2, 0.25) is 5.91 Å². The monoisotopic (exact) mass is 1050 g/mol. The first-order valence-electron chi connectivity index (χ1n) is 28.7. The van der Waals surface area contributed by atoms with Crippen molar-refractivity contribution in [2.45, 2.75) is 168 Å². The smallest absolute Gasteiger partial charge is 0.220 e. The van der Waals surface area contributed by atoms with E-state index in [9.17, 15) is 58.2 Å². The Morgan fingerprint density at radius 2 is 1.04 bits per heavy atom. The molecule has 0 spiro atoms. The van der Waals surface area contributed by atoms with Gasteiger partial charge in [0.15, 0.2) is 0 Å². The molecule has 16 heteroatoms. The average molecular weight is 1050 g/mol. The molecule has 0 bridgehead atoms. The number of aromatic hydroxyl groups is 1. The van der Waals surface area contributed by atoms with Gasteiger partial charge in [-0.1, -0.05) is 44.7 Å². The molecule has 2 saturated heterocycles. The zero-order valence-corrected chi connectivity index (χ0v) is 45.1. The predicted molar refractivity (Wildman–Crippen MR) is 277 cm³/mol. The van der Waals surface area contributed by atoms with E-state index in [-0.39, 0.29) is 152 Å². The number of nitrogens with two attached hydrogens (primary N) is 3. The highest BCUT2D eigenvalue weighted by Gasteiger charge is 2.42. The number of carbonyl (C=O) groups is 10. The summed E-state index contributed by atoms with van der Waals surface area (Å²) in [6.07, 6.45) is 9.49. The lowest BCUT2D eigenvalue weighted by atomic mass is 9.70. The van der Waals surface area contributed by atoms with Crippen molar-refractivity contribution in [3.05, 3.63) is 29.8 Å². The summed E-state index contributed by atoms with van der Waals surface area (Å²) in [7, 11) is 0. The van der Waals surface area contributed by atoms with Crippen molar-refractivity contribution < 1.29 is 74.5 Å². The normalized spacial score (nSPS) is 25.7. The highest BCUT2D eigenvalue weighted by atomic mass is 16.4. The van der Waals surface area contributed by atoms with Crippen LogP contribution in [0.15, 0.2) is 24.3 Å². The number of piperidine rings is 2. The van der Waals surface area contributed by atoms with Crippen molar-refractivity contribution in [1.29, 1.82) is 0 Å². The number of amides is 1. The Balaban J connectivity index is 1.30. The minimum atomic E-state index is -1.32. The summed E-state index contributed by atoms with van der Waals surface area (Å²) in [6, 6.07) is 6.53. The molecule has 1 amide bonds. The zero-order chi connectivity index (χ0) is 54.6. The number of phenolic OH excluding ortho intramolecular Hbond substituents is 1. The highest BCUT2D eigenvalue weighted by molar-refractivity contribution is 5.94. The number of hydrogen-bond donors (Lipinski definition) is 5. The Bertz CT molecular complexity index is 2140.